The molecular weight excluding hydrogens is 382 g/mol. The van der Waals surface area contributed by atoms with Gasteiger partial charge in [0, 0.05) is 18.2 Å². The van der Waals surface area contributed by atoms with Crippen LogP contribution < -0.4 is 10.6 Å². The number of non-ortho nitro benzene ring substituents is 1. The van der Waals surface area contributed by atoms with Gasteiger partial charge in [0.1, 0.15) is 0 Å². The second kappa shape index (κ2) is 7.03. The molecule has 7 nitrogen and oxygen atoms in total. The van der Waals surface area contributed by atoms with E-state index in [1.807, 2.05) is 6.92 Å². The summed E-state index contributed by atoms with van der Waals surface area (Å²) in [4.78, 5) is 35.2. The van der Waals surface area contributed by atoms with Crippen LogP contribution in [0.5, 0.6) is 0 Å². The lowest BCUT2D eigenvalue weighted by Crippen LogP contribution is -2.57. The Morgan fingerprint density at radius 1 is 1.14 bits per heavy atom. The van der Waals surface area contributed by atoms with E-state index in [1.54, 1.807) is 0 Å². The van der Waals surface area contributed by atoms with Crippen LogP contribution in [0.15, 0.2) is 18.2 Å². The van der Waals surface area contributed by atoms with E-state index in [2.05, 4.69) is 10.6 Å². The lowest BCUT2D eigenvalue weighted by Gasteiger charge is -2.59. The molecule has 4 saturated carbocycles. The van der Waals surface area contributed by atoms with E-state index in [9.17, 15) is 19.7 Å². The molecule has 0 aliphatic heterocycles. The van der Waals surface area contributed by atoms with E-state index in [0.717, 1.165) is 43.1 Å². The first-order valence-corrected chi connectivity index (χ1v) is 10.2. The van der Waals surface area contributed by atoms with E-state index >= 15 is 0 Å². The van der Waals surface area contributed by atoms with Gasteiger partial charge in [-0.05, 0) is 74.7 Å². The van der Waals surface area contributed by atoms with Crippen molar-refractivity contribution in [3.8, 4) is 0 Å². The second-order valence-corrected chi connectivity index (χ2v) is 9.26. The fraction of sp³-hybridized carbons (Fsp3) is 0.600. The Morgan fingerprint density at radius 3 is 2.25 bits per heavy atom. The summed E-state index contributed by atoms with van der Waals surface area (Å²) in [5.74, 6) is 0.666. The molecule has 1 atom stereocenters. The van der Waals surface area contributed by atoms with E-state index in [-0.39, 0.29) is 27.9 Å². The summed E-state index contributed by atoms with van der Waals surface area (Å²) in [6, 6.07) is 3.63. The molecule has 0 aromatic heterocycles. The van der Waals surface area contributed by atoms with Crippen molar-refractivity contribution in [2.24, 2.45) is 23.2 Å². The van der Waals surface area contributed by atoms with Gasteiger partial charge in [-0.25, -0.2) is 0 Å². The molecule has 2 amide bonds. The topological polar surface area (TPSA) is 101 Å². The number of carbonyl (C=O) groups excluding carboxylic acids is 2. The first kappa shape index (κ1) is 19.2. The molecule has 4 aliphatic rings. The molecule has 0 heterocycles. The number of nitrogens with one attached hydrogen (secondary N) is 2. The van der Waals surface area contributed by atoms with Gasteiger partial charge in [-0.1, -0.05) is 11.6 Å². The summed E-state index contributed by atoms with van der Waals surface area (Å²) >= 11 is 6.00. The highest BCUT2D eigenvalue weighted by atomic mass is 35.5. The Labute approximate surface area is 168 Å². The number of hydrogen-bond donors (Lipinski definition) is 2. The number of halogens is 1. The smallest absolute Gasteiger partial charge is 0.313 e. The number of hydrogen-bond acceptors (Lipinski definition) is 4. The summed E-state index contributed by atoms with van der Waals surface area (Å²) in [6.45, 7) is 2.00. The van der Waals surface area contributed by atoms with Gasteiger partial charge < -0.3 is 10.6 Å². The summed E-state index contributed by atoms with van der Waals surface area (Å²) in [7, 11) is 0. The minimum Gasteiger partial charge on any atom is -0.345 e. The van der Waals surface area contributed by atoms with Crippen LogP contribution in [0.1, 0.15) is 45.4 Å². The van der Waals surface area contributed by atoms with Gasteiger partial charge in [-0.15, -0.1) is 0 Å². The van der Waals surface area contributed by atoms with Gasteiger partial charge in [-0.3, -0.25) is 19.7 Å². The molecule has 1 aromatic carbocycles. The summed E-state index contributed by atoms with van der Waals surface area (Å²) in [5, 5.41) is 16.3. The summed E-state index contributed by atoms with van der Waals surface area (Å²) in [6.07, 6.45) is 7.30. The maximum Gasteiger partial charge on any atom is 0.313 e. The highest BCUT2D eigenvalue weighted by Crippen LogP contribution is 2.61. The van der Waals surface area contributed by atoms with Crippen molar-refractivity contribution in [1.29, 1.82) is 0 Å². The zero-order valence-electron chi connectivity index (χ0n) is 15.7. The molecule has 4 bridgehead atoms. The van der Waals surface area contributed by atoms with Crippen LogP contribution in [0.25, 0.3) is 0 Å². The number of carbonyl (C=O) groups is 2. The third-order valence-corrected chi connectivity index (χ3v) is 7.30. The van der Waals surface area contributed by atoms with Gasteiger partial charge in [0.2, 0.25) is 0 Å². The van der Waals surface area contributed by atoms with E-state index in [1.165, 1.54) is 31.4 Å². The quantitative estimate of drug-likeness (QED) is 0.450. The lowest BCUT2D eigenvalue weighted by atomic mass is 9.48. The van der Waals surface area contributed by atoms with Crippen molar-refractivity contribution >= 4 is 34.8 Å². The third kappa shape index (κ3) is 3.48. The number of anilines is 1. The normalized spacial score (nSPS) is 31.3. The first-order chi connectivity index (χ1) is 13.3. The molecule has 2 N–H and O–H groups in total. The van der Waals surface area contributed by atoms with E-state index < -0.39 is 16.7 Å². The van der Waals surface area contributed by atoms with E-state index in [4.69, 9.17) is 11.6 Å². The zero-order valence-corrected chi connectivity index (χ0v) is 16.5. The van der Waals surface area contributed by atoms with Crippen LogP contribution in [-0.4, -0.2) is 22.8 Å². The average molecular weight is 406 g/mol. The molecule has 1 unspecified atom stereocenters. The van der Waals surface area contributed by atoms with Crippen molar-refractivity contribution in [3.63, 3.8) is 0 Å². The van der Waals surface area contributed by atoms with Crippen molar-refractivity contribution in [1.82, 2.24) is 5.32 Å². The molecule has 5 rings (SSSR count). The largest absolute Gasteiger partial charge is 0.345 e. The minimum absolute atomic E-state index is 0.0541. The first-order valence-electron chi connectivity index (χ1n) is 9.81. The Morgan fingerprint density at radius 2 is 1.71 bits per heavy atom. The summed E-state index contributed by atoms with van der Waals surface area (Å²) in [5.41, 5.74) is -0.0612. The van der Waals surface area contributed by atoms with Crippen molar-refractivity contribution in [2.45, 2.75) is 51.5 Å². The number of nitro benzene ring substituents is 1. The number of benzene rings is 1. The lowest BCUT2D eigenvalue weighted by molar-refractivity contribution is -0.384. The van der Waals surface area contributed by atoms with Gasteiger partial charge in [0.05, 0.1) is 15.6 Å². The number of rotatable bonds is 4. The molecular formula is C20H24ClN3O4. The average Bonchev–Trinajstić information content (AvgIpc) is 2.62. The van der Waals surface area contributed by atoms with E-state index in [0.29, 0.717) is 0 Å². The molecule has 0 radical (unpaired) electrons. The molecule has 8 heteroatoms. The predicted molar refractivity (Wildman–Crippen MR) is 105 cm³/mol. The SMILES string of the molecule is CC(NC(=O)C(=O)Nc1cc([N+](=O)[O-])ccc1Cl)C12CC3CC(CC(C3)C1)C2. The Hall–Kier alpha value is -2.15. The van der Waals surface area contributed by atoms with Gasteiger partial charge in [-0.2, -0.15) is 0 Å². The molecule has 0 saturated heterocycles. The fourth-order valence-corrected chi connectivity index (χ4v) is 6.19. The van der Waals surface area contributed by atoms with Crippen molar-refractivity contribution in [3.05, 3.63) is 33.3 Å². The second-order valence-electron chi connectivity index (χ2n) is 8.85. The third-order valence-electron chi connectivity index (χ3n) is 6.97. The fourth-order valence-electron chi connectivity index (χ4n) is 6.02. The number of amides is 2. The molecule has 4 aliphatic carbocycles. The highest BCUT2D eigenvalue weighted by Gasteiger charge is 2.53. The Kier molecular flexibility index (Phi) is 4.81. The molecule has 4 fully saturated rings. The molecule has 150 valence electrons. The molecule has 0 spiro atoms. The minimum atomic E-state index is -0.862. The molecule has 28 heavy (non-hydrogen) atoms. The number of nitro groups is 1. The standard InChI is InChI=1S/C20H24ClN3O4/c1-11(20-8-12-4-13(9-20)6-14(5-12)10-20)22-18(25)19(26)23-17-7-15(24(27)28)2-3-16(17)21/h2-3,7,11-14H,4-6,8-10H2,1H3,(H,22,25)(H,23,26). The summed E-state index contributed by atoms with van der Waals surface area (Å²) < 4.78 is 0. The monoisotopic (exact) mass is 405 g/mol. The highest BCUT2D eigenvalue weighted by molar-refractivity contribution is 6.41. The van der Waals surface area contributed by atoms with Gasteiger partial charge >= 0.3 is 11.8 Å². The van der Waals surface area contributed by atoms with Crippen LogP contribution in [0.2, 0.25) is 5.02 Å². The van der Waals surface area contributed by atoms with Crippen LogP contribution >= 0.6 is 11.6 Å². The maximum absolute atomic E-state index is 12.5. The van der Waals surface area contributed by atoms with Crippen LogP contribution in [0.4, 0.5) is 11.4 Å². The van der Waals surface area contributed by atoms with Gasteiger partial charge in [0.15, 0.2) is 0 Å². The van der Waals surface area contributed by atoms with Crippen molar-refractivity contribution < 1.29 is 14.5 Å². The van der Waals surface area contributed by atoms with Crippen LogP contribution in [-0.2, 0) is 9.59 Å². The Balaban J connectivity index is 1.42. The van der Waals surface area contributed by atoms with Crippen LogP contribution in [0.3, 0.4) is 0 Å². The molecule has 1 aromatic rings. The maximum atomic E-state index is 12.5. The van der Waals surface area contributed by atoms with Crippen LogP contribution in [0, 0.1) is 33.3 Å². The Bertz CT molecular complexity index is 805. The predicted octanol–water partition coefficient (Wildman–Crippen LogP) is 3.91. The number of nitrogens with zero attached hydrogens (tertiary/aromatic N) is 1. The van der Waals surface area contributed by atoms with Crippen molar-refractivity contribution in [2.75, 3.05) is 5.32 Å². The van der Waals surface area contributed by atoms with Gasteiger partial charge in [0.25, 0.3) is 5.69 Å². The zero-order chi connectivity index (χ0) is 20.1.